The number of nitrogens with zero attached hydrogens (tertiary/aromatic N) is 3. The zero-order valence-electron chi connectivity index (χ0n) is 23.3. The van der Waals surface area contributed by atoms with Gasteiger partial charge in [-0.1, -0.05) is 60.2 Å². The van der Waals surface area contributed by atoms with Crippen molar-refractivity contribution >= 4 is 27.0 Å². The number of ether oxygens (including phenoxy) is 1. The number of nitrogens with two attached hydrogens (primary N) is 1. The van der Waals surface area contributed by atoms with Crippen LogP contribution in [0.1, 0.15) is 48.1 Å². The smallest absolute Gasteiger partial charge is 0.296 e. The minimum absolute atomic E-state index is 0.0210. The number of aryl methyl sites for hydroxylation is 2. The Balaban J connectivity index is 1.11. The number of aromatic nitrogens is 3. The van der Waals surface area contributed by atoms with Crippen LogP contribution in [-0.2, 0) is 20.7 Å². The fourth-order valence-electron chi connectivity index (χ4n) is 6.07. The zero-order chi connectivity index (χ0) is 28.8. The van der Waals surface area contributed by atoms with Gasteiger partial charge in [0.25, 0.3) is 10.1 Å². The molecule has 3 aromatic carbocycles. The van der Waals surface area contributed by atoms with Crippen LogP contribution in [0.5, 0.6) is 5.75 Å². The quantitative estimate of drug-likeness (QED) is 0.222. The molecule has 1 saturated carbocycles. The van der Waals surface area contributed by atoms with Gasteiger partial charge in [0, 0.05) is 17.8 Å². The van der Waals surface area contributed by atoms with E-state index < -0.39 is 10.1 Å². The summed E-state index contributed by atoms with van der Waals surface area (Å²) in [7, 11) is -3.79. The lowest BCUT2D eigenvalue weighted by Crippen LogP contribution is -2.30. The minimum atomic E-state index is -3.79. The first-order chi connectivity index (χ1) is 20.4. The lowest BCUT2D eigenvalue weighted by Gasteiger charge is -2.36. The van der Waals surface area contributed by atoms with Crippen molar-refractivity contribution in [2.24, 2.45) is 5.92 Å². The first kappa shape index (κ1) is 26.7. The summed E-state index contributed by atoms with van der Waals surface area (Å²) >= 11 is 0. The fraction of sp³-hybridized carbons (Fsp3) is 0.273. The van der Waals surface area contributed by atoms with Gasteiger partial charge in [-0.05, 0) is 73.4 Å². The number of hydrogen-bond acceptors (Lipinski definition) is 7. The molecule has 42 heavy (non-hydrogen) atoms. The highest BCUT2D eigenvalue weighted by atomic mass is 32.2. The van der Waals surface area contributed by atoms with Crippen LogP contribution in [0, 0.1) is 12.8 Å². The van der Waals surface area contributed by atoms with Crippen molar-refractivity contribution in [2.45, 2.75) is 49.6 Å². The number of fused-ring (bicyclic) bond motifs is 2. The van der Waals surface area contributed by atoms with Gasteiger partial charge in [-0.2, -0.15) is 8.42 Å². The van der Waals surface area contributed by atoms with E-state index in [0.29, 0.717) is 5.82 Å². The minimum Gasteiger partial charge on any atom is -0.485 e. The first-order valence-electron chi connectivity index (χ1n) is 14.3. The molecule has 3 heterocycles. The summed E-state index contributed by atoms with van der Waals surface area (Å²) in [4.78, 5) is 9.07. The van der Waals surface area contributed by atoms with Crippen LogP contribution < -0.4 is 10.5 Å². The van der Waals surface area contributed by atoms with Crippen molar-refractivity contribution in [2.75, 3.05) is 12.3 Å². The number of nitrogen functional groups attached to an aromatic ring is 1. The molecule has 9 heteroatoms. The number of benzene rings is 3. The average molecular weight is 581 g/mol. The van der Waals surface area contributed by atoms with E-state index in [4.69, 9.17) is 14.7 Å². The van der Waals surface area contributed by atoms with Gasteiger partial charge in [-0.25, -0.2) is 9.97 Å². The van der Waals surface area contributed by atoms with Crippen LogP contribution in [0.2, 0.25) is 0 Å². The molecule has 0 saturated heterocycles. The summed E-state index contributed by atoms with van der Waals surface area (Å²) in [6, 6.07) is 23.5. The van der Waals surface area contributed by atoms with Gasteiger partial charge in [-0.3, -0.25) is 4.18 Å². The van der Waals surface area contributed by atoms with Crippen molar-refractivity contribution in [1.82, 2.24) is 14.5 Å². The molecule has 8 nitrogen and oxygen atoms in total. The van der Waals surface area contributed by atoms with Gasteiger partial charge in [0.05, 0.1) is 16.9 Å². The first-order valence-corrected chi connectivity index (χ1v) is 15.7. The Morgan fingerprint density at radius 2 is 1.81 bits per heavy atom. The summed E-state index contributed by atoms with van der Waals surface area (Å²) in [5.41, 5.74) is 12.5. The molecule has 1 fully saturated rings. The Morgan fingerprint density at radius 3 is 2.60 bits per heavy atom. The molecule has 0 amide bonds. The highest BCUT2D eigenvalue weighted by Gasteiger charge is 2.34. The molecule has 1 aliphatic heterocycles. The molecule has 2 N–H and O–H groups in total. The van der Waals surface area contributed by atoms with Gasteiger partial charge < -0.3 is 15.0 Å². The largest absolute Gasteiger partial charge is 0.485 e. The van der Waals surface area contributed by atoms with E-state index in [1.54, 1.807) is 24.3 Å². The van der Waals surface area contributed by atoms with Crippen molar-refractivity contribution < 1.29 is 17.3 Å². The molecule has 2 aromatic heterocycles. The molecule has 0 spiro atoms. The maximum atomic E-state index is 12.6. The zero-order valence-corrected chi connectivity index (χ0v) is 24.1. The van der Waals surface area contributed by atoms with E-state index >= 15 is 0 Å². The molecule has 1 atom stereocenters. The summed E-state index contributed by atoms with van der Waals surface area (Å²) < 4.78 is 39.4. The Kier molecular flexibility index (Phi) is 6.71. The lowest BCUT2D eigenvalue weighted by atomic mass is 9.81. The Bertz CT molecular complexity index is 1860. The molecular formula is C33H32N4O4S. The number of hydrogen-bond donors (Lipinski definition) is 1. The van der Waals surface area contributed by atoms with Crippen molar-refractivity contribution in [3.8, 4) is 16.9 Å². The summed E-state index contributed by atoms with van der Waals surface area (Å²) in [6.07, 6.45) is 7.06. The maximum Gasteiger partial charge on any atom is 0.296 e. The van der Waals surface area contributed by atoms with E-state index in [1.807, 2.05) is 25.1 Å². The Hall–Kier alpha value is -4.21. The summed E-state index contributed by atoms with van der Waals surface area (Å²) in [6.45, 7) is 2.07. The van der Waals surface area contributed by atoms with Gasteiger partial charge in [-0.15, -0.1) is 0 Å². The topological polar surface area (TPSA) is 109 Å². The average Bonchev–Trinajstić information content (AvgIpc) is 3.37. The van der Waals surface area contributed by atoms with Gasteiger partial charge in [0.1, 0.15) is 29.6 Å². The molecule has 5 aromatic rings. The highest BCUT2D eigenvalue weighted by Crippen LogP contribution is 2.44. The number of anilines is 1. The van der Waals surface area contributed by atoms with Crippen molar-refractivity contribution in [3.63, 3.8) is 0 Å². The van der Waals surface area contributed by atoms with Gasteiger partial charge in [0.15, 0.2) is 0 Å². The van der Waals surface area contributed by atoms with Crippen LogP contribution in [-0.4, -0.2) is 29.6 Å². The monoisotopic (exact) mass is 580 g/mol. The second kappa shape index (κ2) is 10.6. The Morgan fingerprint density at radius 1 is 1.02 bits per heavy atom. The van der Waals surface area contributed by atoms with Crippen LogP contribution in [0.25, 0.3) is 22.2 Å². The summed E-state index contributed by atoms with van der Waals surface area (Å²) in [5, 5.41) is 0.814. The molecule has 1 unspecified atom stereocenters. The van der Waals surface area contributed by atoms with E-state index in [1.165, 1.54) is 17.5 Å². The predicted octanol–water partition coefficient (Wildman–Crippen LogP) is 6.41. The van der Waals surface area contributed by atoms with Crippen LogP contribution in [0.3, 0.4) is 0 Å². The van der Waals surface area contributed by atoms with E-state index in [0.717, 1.165) is 59.2 Å². The maximum absolute atomic E-state index is 12.6. The van der Waals surface area contributed by atoms with Crippen LogP contribution in [0.15, 0.2) is 90.2 Å². The second-order valence-electron chi connectivity index (χ2n) is 11.3. The van der Waals surface area contributed by atoms with Gasteiger partial charge in [0.2, 0.25) is 0 Å². The third-order valence-electron chi connectivity index (χ3n) is 8.51. The van der Waals surface area contributed by atoms with Crippen molar-refractivity contribution in [1.29, 1.82) is 0 Å². The van der Waals surface area contributed by atoms with E-state index in [2.05, 4.69) is 51.1 Å². The molecule has 0 radical (unpaired) electrons. The molecule has 2 aliphatic rings. The molecule has 1 aliphatic carbocycles. The predicted molar refractivity (Wildman–Crippen MR) is 162 cm³/mol. The van der Waals surface area contributed by atoms with Crippen LogP contribution >= 0.6 is 0 Å². The van der Waals surface area contributed by atoms with Crippen LogP contribution in [0.4, 0.5) is 5.82 Å². The second-order valence-corrected chi connectivity index (χ2v) is 12.9. The standard InChI is InChI=1S/C33H32N4O4S/c1-21-7-12-27(13-8-21)42(38,39)40-19-22-15-26(16-22)37-18-28(31-32(34)35-20-36-33(31)37)25-10-9-24-11-14-29(41-30(24)17-25)23-5-3-2-4-6-23/h2-10,12-13,17-18,20,22,26,29H,11,14-16,19H2,1H3,(H2,34,35,36). The molecule has 7 rings (SSSR count). The van der Waals surface area contributed by atoms with E-state index in [9.17, 15) is 8.42 Å². The van der Waals surface area contributed by atoms with Crippen molar-refractivity contribution in [3.05, 3.63) is 102 Å². The third-order valence-corrected chi connectivity index (χ3v) is 9.80. The molecular weight excluding hydrogens is 548 g/mol. The third kappa shape index (κ3) is 4.92. The fourth-order valence-corrected chi connectivity index (χ4v) is 7.04. The van der Waals surface area contributed by atoms with Gasteiger partial charge >= 0.3 is 0 Å². The Labute approximate surface area is 245 Å². The highest BCUT2D eigenvalue weighted by molar-refractivity contribution is 7.86. The SMILES string of the molecule is Cc1ccc(S(=O)(=O)OCC2CC(n3cc(-c4ccc5c(c4)OC(c4ccccc4)CC5)c4c(N)ncnc43)C2)cc1. The number of rotatable bonds is 7. The molecule has 214 valence electrons. The molecule has 0 bridgehead atoms. The van der Waals surface area contributed by atoms with E-state index in [-0.39, 0.29) is 29.6 Å². The lowest BCUT2D eigenvalue weighted by molar-refractivity contribution is 0.130. The normalized spacial score (nSPS) is 20.1. The summed E-state index contributed by atoms with van der Waals surface area (Å²) in [5.74, 6) is 1.44.